The highest BCUT2D eigenvalue weighted by Crippen LogP contribution is 2.27. The van der Waals surface area contributed by atoms with Gasteiger partial charge in [0.05, 0.1) is 17.9 Å². The first-order valence-electron chi connectivity index (χ1n) is 6.34. The zero-order chi connectivity index (χ0) is 15.0. The fourth-order valence-corrected chi connectivity index (χ4v) is 3.41. The van der Waals surface area contributed by atoms with Crippen molar-refractivity contribution in [3.05, 3.63) is 42.0 Å². The maximum Gasteiger partial charge on any atom is 0.243 e. The number of aromatic amines is 1. The van der Waals surface area contributed by atoms with Crippen molar-refractivity contribution >= 4 is 21.6 Å². The van der Waals surface area contributed by atoms with E-state index in [1.807, 2.05) is 0 Å². The van der Waals surface area contributed by atoms with E-state index in [0.29, 0.717) is 17.1 Å². The lowest BCUT2D eigenvalue weighted by Crippen LogP contribution is -2.27. The van der Waals surface area contributed by atoms with Gasteiger partial charge >= 0.3 is 0 Å². The maximum absolute atomic E-state index is 12.5. The fourth-order valence-electron chi connectivity index (χ4n) is 2.23. The molecule has 0 bridgehead atoms. The van der Waals surface area contributed by atoms with Crippen LogP contribution in [0.4, 0.5) is 5.69 Å². The normalized spacial score (nSPS) is 14.3. The molecule has 1 aliphatic rings. The molecule has 0 radical (unpaired) electrons. The third-order valence-electron chi connectivity index (χ3n) is 3.34. The van der Waals surface area contributed by atoms with Gasteiger partial charge in [-0.15, -0.1) is 0 Å². The SMILES string of the molecule is CN(Cc1ncc[nH]1)S(=O)(=O)c1ccc2c(c1)CC(=O)N2. The van der Waals surface area contributed by atoms with Gasteiger partial charge in [-0.25, -0.2) is 13.4 Å². The van der Waals surface area contributed by atoms with Crippen molar-refractivity contribution in [1.29, 1.82) is 0 Å². The standard InChI is InChI=1S/C13H14N4O3S/c1-17(8-12-14-4-5-15-12)21(19,20)10-2-3-11-9(6-10)7-13(18)16-11/h2-6H,7-8H2,1H3,(H,14,15)(H,16,18). The number of benzene rings is 1. The van der Waals surface area contributed by atoms with Crippen molar-refractivity contribution in [2.24, 2.45) is 0 Å². The van der Waals surface area contributed by atoms with Crippen LogP contribution in [0.2, 0.25) is 0 Å². The number of H-pyrrole nitrogens is 1. The highest BCUT2D eigenvalue weighted by molar-refractivity contribution is 7.89. The molecule has 0 spiro atoms. The molecular weight excluding hydrogens is 292 g/mol. The van der Waals surface area contributed by atoms with E-state index in [1.54, 1.807) is 24.5 Å². The summed E-state index contributed by atoms with van der Waals surface area (Å²) >= 11 is 0. The summed E-state index contributed by atoms with van der Waals surface area (Å²) in [6.07, 6.45) is 3.42. The number of imidazole rings is 1. The Morgan fingerprint density at radius 3 is 2.90 bits per heavy atom. The van der Waals surface area contributed by atoms with E-state index in [2.05, 4.69) is 15.3 Å². The molecule has 2 heterocycles. The number of amides is 1. The van der Waals surface area contributed by atoms with Crippen molar-refractivity contribution in [3.8, 4) is 0 Å². The molecule has 7 nitrogen and oxygen atoms in total. The van der Waals surface area contributed by atoms with Gasteiger partial charge in [-0.1, -0.05) is 0 Å². The number of fused-ring (bicyclic) bond motifs is 1. The summed E-state index contributed by atoms with van der Waals surface area (Å²) in [5, 5.41) is 2.68. The first-order valence-corrected chi connectivity index (χ1v) is 7.78. The molecule has 1 aliphatic heterocycles. The van der Waals surface area contributed by atoms with Crippen LogP contribution in [-0.2, 0) is 27.8 Å². The van der Waals surface area contributed by atoms with Gasteiger partial charge in [-0.3, -0.25) is 4.79 Å². The molecule has 3 rings (SSSR count). The maximum atomic E-state index is 12.5. The number of aromatic nitrogens is 2. The number of hydrogen-bond donors (Lipinski definition) is 2. The number of carbonyl (C=O) groups is 1. The topological polar surface area (TPSA) is 95.2 Å². The minimum absolute atomic E-state index is 0.122. The molecule has 2 N–H and O–H groups in total. The highest BCUT2D eigenvalue weighted by Gasteiger charge is 2.25. The Hall–Kier alpha value is -2.19. The summed E-state index contributed by atoms with van der Waals surface area (Å²) in [6, 6.07) is 4.66. The van der Waals surface area contributed by atoms with Crippen LogP contribution in [0, 0.1) is 0 Å². The van der Waals surface area contributed by atoms with Gasteiger partial charge in [0, 0.05) is 25.1 Å². The molecule has 2 aromatic rings. The summed E-state index contributed by atoms with van der Waals surface area (Å²) in [6.45, 7) is 0.156. The quantitative estimate of drug-likeness (QED) is 0.870. The average Bonchev–Trinajstić information content (AvgIpc) is 3.05. The number of nitrogens with zero attached hydrogens (tertiary/aromatic N) is 2. The monoisotopic (exact) mass is 306 g/mol. The van der Waals surface area contributed by atoms with E-state index >= 15 is 0 Å². The second-order valence-corrected chi connectivity index (χ2v) is 6.89. The van der Waals surface area contributed by atoms with Gasteiger partial charge in [0.2, 0.25) is 15.9 Å². The van der Waals surface area contributed by atoms with Crippen molar-refractivity contribution in [1.82, 2.24) is 14.3 Å². The van der Waals surface area contributed by atoms with Crippen LogP contribution in [0.25, 0.3) is 0 Å². The third-order valence-corrected chi connectivity index (χ3v) is 5.14. The first kappa shape index (κ1) is 13.8. The van der Waals surface area contributed by atoms with E-state index in [9.17, 15) is 13.2 Å². The number of nitrogens with one attached hydrogen (secondary N) is 2. The summed E-state index contributed by atoms with van der Waals surface area (Å²) in [5.41, 5.74) is 1.38. The van der Waals surface area contributed by atoms with Gasteiger partial charge < -0.3 is 10.3 Å². The van der Waals surface area contributed by atoms with E-state index < -0.39 is 10.0 Å². The second kappa shape index (κ2) is 4.97. The number of sulfonamides is 1. The molecule has 21 heavy (non-hydrogen) atoms. The molecule has 8 heteroatoms. The zero-order valence-electron chi connectivity index (χ0n) is 11.3. The van der Waals surface area contributed by atoms with Gasteiger partial charge in [-0.05, 0) is 23.8 Å². The first-order chi connectivity index (χ1) is 9.96. The lowest BCUT2D eigenvalue weighted by molar-refractivity contribution is -0.115. The van der Waals surface area contributed by atoms with Crippen LogP contribution < -0.4 is 5.32 Å². The summed E-state index contributed by atoms with van der Waals surface area (Å²) in [5.74, 6) is 0.447. The van der Waals surface area contributed by atoms with E-state index in [-0.39, 0.29) is 23.8 Å². The largest absolute Gasteiger partial charge is 0.347 e. The van der Waals surface area contributed by atoms with Crippen LogP contribution in [0.5, 0.6) is 0 Å². The predicted molar refractivity (Wildman–Crippen MR) is 76.0 cm³/mol. The lowest BCUT2D eigenvalue weighted by atomic mass is 10.2. The highest BCUT2D eigenvalue weighted by atomic mass is 32.2. The molecule has 0 aliphatic carbocycles. The molecule has 1 aromatic heterocycles. The molecular formula is C13H14N4O3S. The van der Waals surface area contributed by atoms with Gasteiger partial charge in [-0.2, -0.15) is 4.31 Å². The number of hydrogen-bond acceptors (Lipinski definition) is 4. The Kier molecular flexibility index (Phi) is 3.26. The third kappa shape index (κ3) is 2.55. The molecule has 1 aromatic carbocycles. The van der Waals surface area contributed by atoms with E-state index in [1.165, 1.54) is 17.4 Å². The molecule has 0 unspecified atom stereocenters. The molecule has 0 fully saturated rings. The minimum Gasteiger partial charge on any atom is -0.347 e. The van der Waals surface area contributed by atoms with Gasteiger partial charge in [0.15, 0.2) is 0 Å². The van der Waals surface area contributed by atoms with Crippen molar-refractivity contribution in [2.45, 2.75) is 17.9 Å². The molecule has 0 saturated carbocycles. The minimum atomic E-state index is -3.62. The fraction of sp³-hybridized carbons (Fsp3) is 0.231. The van der Waals surface area contributed by atoms with Crippen molar-refractivity contribution in [2.75, 3.05) is 12.4 Å². The van der Waals surface area contributed by atoms with Crippen LogP contribution in [0.1, 0.15) is 11.4 Å². The van der Waals surface area contributed by atoms with E-state index in [0.717, 1.165) is 0 Å². The van der Waals surface area contributed by atoms with Crippen LogP contribution in [-0.4, -0.2) is 35.6 Å². The Labute approximate surface area is 122 Å². The number of carbonyl (C=O) groups excluding carboxylic acids is 1. The van der Waals surface area contributed by atoms with E-state index in [4.69, 9.17) is 0 Å². The summed E-state index contributed by atoms with van der Waals surface area (Å²) < 4.78 is 26.3. The van der Waals surface area contributed by atoms with Gasteiger partial charge in [0.25, 0.3) is 0 Å². The van der Waals surface area contributed by atoms with Crippen molar-refractivity contribution in [3.63, 3.8) is 0 Å². The van der Waals surface area contributed by atoms with Crippen molar-refractivity contribution < 1.29 is 13.2 Å². The molecule has 0 atom stereocenters. The van der Waals surface area contributed by atoms with Crippen LogP contribution in [0.3, 0.4) is 0 Å². The number of rotatable bonds is 4. The Morgan fingerprint density at radius 2 is 2.19 bits per heavy atom. The molecule has 0 saturated heterocycles. The smallest absolute Gasteiger partial charge is 0.243 e. The second-order valence-electron chi connectivity index (χ2n) is 4.84. The molecule has 110 valence electrons. The summed E-state index contributed by atoms with van der Waals surface area (Å²) in [7, 11) is -2.13. The van der Waals surface area contributed by atoms with Crippen LogP contribution >= 0.6 is 0 Å². The lowest BCUT2D eigenvalue weighted by Gasteiger charge is -2.16. The molecule has 1 amide bonds. The Morgan fingerprint density at radius 1 is 1.38 bits per heavy atom. The number of anilines is 1. The Balaban J connectivity index is 1.88. The predicted octanol–water partition coefficient (Wildman–Crippen LogP) is 0.725. The average molecular weight is 306 g/mol. The van der Waals surface area contributed by atoms with Gasteiger partial charge in [0.1, 0.15) is 5.82 Å². The zero-order valence-corrected chi connectivity index (χ0v) is 12.1. The summed E-state index contributed by atoms with van der Waals surface area (Å²) in [4.78, 5) is 18.4. The van der Waals surface area contributed by atoms with Crippen LogP contribution in [0.15, 0.2) is 35.5 Å². The Bertz CT molecular complexity index is 784.